The molecule has 2 saturated heterocycles. The van der Waals surface area contributed by atoms with Gasteiger partial charge in [-0.15, -0.1) is 0 Å². The summed E-state index contributed by atoms with van der Waals surface area (Å²) >= 11 is 0. The fourth-order valence-corrected chi connectivity index (χ4v) is 4.48. The molecule has 0 bridgehead atoms. The van der Waals surface area contributed by atoms with Crippen molar-refractivity contribution >= 4 is 17.4 Å². The summed E-state index contributed by atoms with van der Waals surface area (Å²) in [4.78, 5) is 30.0. The van der Waals surface area contributed by atoms with Crippen molar-refractivity contribution in [2.24, 2.45) is 0 Å². The number of amides is 1. The van der Waals surface area contributed by atoms with Gasteiger partial charge in [-0.25, -0.2) is 0 Å². The minimum atomic E-state index is -0.760. The molecule has 2 heterocycles. The number of phenols is 1. The summed E-state index contributed by atoms with van der Waals surface area (Å²) in [6.45, 7) is 6.18. The summed E-state index contributed by atoms with van der Waals surface area (Å²) in [5.41, 5.74) is 1.82. The lowest BCUT2D eigenvalue weighted by Crippen LogP contribution is -2.38. The Labute approximate surface area is 199 Å². The van der Waals surface area contributed by atoms with E-state index in [1.165, 1.54) is 24.1 Å². The van der Waals surface area contributed by atoms with Crippen LogP contribution in [0.3, 0.4) is 0 Å². The molecule has 2 N–H and O–H groups in total. The predicted molar refractivity (Wildman–Crippen MR) is 127 cm³/mol. The number of aromatic hydroxyl groups is 1. The minimum absolute atomic E-state index is 0.0271. The minimum Gasteiger partial charge on any atom is -0.507 e. The van der Waals surface area contributed by atoms with Crippen LogP contribution in [0.2, 0.25) is 0 Å². The van der Waals surface area contributed by atoms with Gasteiger partial charge < -0.3 is 24.6 Å². The number of likely N-dealkylation sites (tertiary alicyclic amines) is 1. The standard InChI is InChI=1S/C26H30N2O6/c1-17-4-6-18(7-5-17)23-22(24(30)20-9-8-19(33-2)16-21(20)29)25(31)26(32)28(23)11-3-10-27-12-14-34-15-13-27/h4-9,16,23,29-30H,3,10-15H2,1-2H3/t23-/m1/s1. The quantitative estimate of drug-likeness (QED) is 0.368. The van der Waals surface area contributed by atoms with Crippen molar-refractivity contribution in [3.63, 3.8) is 0 Å². The summed E-state index contributed by atoms with van der Waals surface area (Å²) < 4.78 is 10.5. The first-order valence-corrected chi connectivity index (χ1v) is 11.4. The fourth-order valence-electron chi connectivity index (χ4n) is 4.48. The van der Waals surface area contributed by atoms with Crippen LogP contribution >= 0.6 is 0 Å². The molecule has 0 radical (unpaired) electrons. The molecule has 2 aliphatic rings. The normalized spacial score (nSPS) is 20.6. The summed E-state index contributed by atoms with van der Waals surface area (Å²) in [6, 6.07) is 11.2. The lowest BCUT2D eigenvalue weighted by atomic mass is 9.94. The van der Waals surface area contributed by atoms with Crippen molar-refractivity contribution in [1.82, 2.24) is 9.80 Å². The van der Waals surface area contributed by atoms with Crippen molar-refractivity contribution in [3.8, 4) is 11.5 Å². The zero-order valence-corrected chi connectivity index (χ0v) is 19.5. The number of methoxy groups -OCH3 is 1. The number of benzene rings is 2. The third kappa shape index (κ3) is 4.78. The number of nitrogens with zero attached hydrogens (tertiary/aromatic N) is 2. The number of aliphatic hydroxyl groups excluding tert-OH is 1. The maximum atomic E-state index is 13.1. The summed E-state index contributed by atoms with van der Waals surface area (Å²) in [6.07, 6.45) is 0.684. The van der Waals surface area contributed by atoms with Gasteiger partial charge in [-0.1, -0.05) is 29.8 Å². The average Bonchev–Trinajstić information content (AvgIpc) is 3.09. The molecule has 180 valence electrons. The maximum Gasteiger partial charge on any atom is 0.295 e. The third-order valence-corrected chi connectivity index (χ3v) is 6.37. The smallest absolute Gasteiger partial charge is 0.295 e. The SMILES string of the molecule is COc1ccc(C(O)=C2C(=O)C(=O)N(CCCN3CCOCC3)[C@@H]2c2ccc(C)cc2)c(O)c1. The number of aryl methyl sites for hydroxylation is 1. The van der Waals surface area contributed by atoms with Crippen LogP contribution in [0.15, 0.2) is 48.0 Å². The van der Waals surface area contributed by atoms with Crippen LogP contribution in [-0.4, -0.2) is 78.2 Å². The second-order valence-electron chi connectivity index (χ2n) is 8.59. The van der Waals surface area contributed by atoms with E-state index in [0.29, 0.717) is 31.9 Å². The molecule has 1 atom stereocenters. The molecule has 0 aromatic heterocycles. The van der Waals surface area contributed by atoms with Gasteiger partial charge in [-0.05, 0) is 31.0 Å². The number of ether oxygens (including phenoxy) is 2. The molecule has 2 aromatic carbocycles. The van der Waals surface area contributed by atoms with E-state index in [4.69, 9.17) is 9.47 Å². The number of carbonyl (C=O) groups excluding carboxylic acids is 2. The number of morpholine rings is 1. The first kappa shape index (κ1) is 23.8. The van der Waals surface area contributed by atoms with E-state index >= 15 is 0 Å². The second-order valence-corrected chi connectivity index (χ2v) is 8.59. The number of ketones is 1. The number of Topliss-reactive ketones (excluding diaryl/α,β-unsaturated/α-hetero) is 1. The summed E-state index contributed by atoms with van der Waals surface area (Å²) in [7, 11) is 1.47. The monoisotopic (exact) mass is 466 g/mol. The lowest BCUT2D eigenvalue weighted by Gasteiger charge is -2.29. The number of carbonyl (C=O) groups is 2. The highest BCUT2D eigenvalue weighted by molar-refractivity contribution is 6.46. The zero-order chi connectivity index (χ0) is 24.2. The molecule has 8 nitrogen and oxygen atoms in total. The topological polar surface area (TPSA) is 99.5 Å². The number of rotatable bonds is 7. The van der Waals surface area contributed by atoms with Gasteiger partial charge in [0.25, 0.3) is 11.7 Å². The van der Waals surface area contributed by atoms with Crippen molar-refractivity contribution in [2.45, 2.75) is 19.4 Å². The Hall–Kier alpha value is -3.36. The fraction of sp³-hybridized carbons (Fsp3) is 0.385. The average molecular weight is 467 g/mol. The van der Waals surface area contributed by atoms with Crippen molar-refractivity contribution in [1.29, 1.82) is 0 Å². The van der Waals surface area contributed by atoms with Gasteiger partial charge in [0, 0.05) is 32.2 Å². The number of phenolic OH excluding ortho intramolecular Hbond substituents is 1. The van der Waals surface area contributed by atoms with Gasteiger partial charge in [-0.2, -0.15) is 0 Å². The molecular weight excluding hydrogens is 436 g/mol. The number of hydrogen-bond donors (Lipinski definition) is 2. The third-order valence-electron chi connectivity index (χ3n) is 6.37. The van der Waals surface area contributed by atoms with E-state index in [1.54, 1.807) is 6.07 Å². The Balaban J connectivity index is 1.69. The first-order chi connectivity index (χ1) is 16.4. The van der Waals surface area contributed by atoms with Crippen LogP contribution in [-0.2, 0) is 14.3 Å². The van der Waals surface area contributed by atoms with Gasteiger partial charge in [-0.3, -0.25) is 14.5 Å². The van der Waals surface area contributed by atoms with Crippen LogP contribution in [0.5, 0.6) is 11.5 Å². The van der Waals surface area contributed by atoms with E-state index in [2.05, 4.69) is 4.90 Å². The van der Waals surface area contributed by atoms with Gasteiger partial charge in [0.05, 0.1) is 37.5 Å². The molecular formula is C26H30N2O6. The van der Waals surface area contributed by atoms with Crippen molar-refractivity contribution in [3.05, 3.63) is 64.7 Å². The van der Waals surface area contributed by atoms with Crippen LogP contribution in [0, 0.1) is 6.92 Å². The van der Waals surface area contributed by atoms with Crippen LogP contribution < -0.4 is 4.74 Å². The Morgan fingerprint density at radius 2 is 1.79 bits per heavy atom. The molecule has 34 heavy (non-hydrogen) atoms. The Morgan fingerprint density at radius 3 is 2.44 bits per heavy atom. The molecule has 0 aliphatic carbocycles. The predicted octanol–water partition coefficient (Wildman–Crippen LogP) is 2.85. The number of hydrogen-bond acceptors (Lipinski definition) is 7. The van der Waals surface area contributed by atoms with Crippen molar-refractivity contribution in [2.75, 3.05) is 46.5 Å². The lowest BCUT2D eigenvalue weighted by molar-refractivity contribution is -0.140. The highest BCUT2D eigenvalue weighted by Crippen LogP contribution is 2.41. The van der Waals surface area contributed by atoms with E-state index in [9.17, 15) is 19.8 Å². The molecule has 0 unspecified atom stereocenters. The van der Waals surface area contributed by atoms with Crippen molar-refractivity contribution < 1.29 is 29.3 Å². The highest BCUT2D eigenvalue weighted by Gasteiger charge is 2.46. The van der Waals surface area contributed by atoms with E-state index in [0.717, 1.165) is 30.8 Å². The first-order valence-electron chi connectivity index (χ1n) is 11.4. The van der Waals surface area contributed by atoms with Gasteiger partial charge >= 0.3 is 0 Å². The molecule has 2 fully saturated rings. The highest BCUT2D eigenvalue weighted by atomic mass is 16.5. The Kier molecular flexibility index (Phi) is 7.19. The van der Waals surface area contributed by atoms with Crippen LogP contribution in [0.1, 0.15) is 29.2 Å². The Bertz CT molecular complexity index is 1090. The van der Waals surface area contributed by atoms with Gasteiger partial charge in [0.2, 0.25) is 0 Å². The zero-order valence-electron chi connectivity index (χ0n) is 19.5. The molecule has 0 spiro atoms. The summed E-state index contributed by atoms with van der Waals surface area (Å²) in [5, 5.41) is 21.6. The molecule has 2 aromatic rings. The maximum absolute atomic E-state index is 13.1. The van der Waals surface area contributed by atoms with E-state index in [-0.39, 0.29) is 16.9 Å². The second kappa shape index (κ2) is 10.3. The molecule has 0 saturated carbocycles. The number of aliphatic hydroxyl groups is 1. The van der Waals surface area contributed by atoms with E-state index in [1.807, 2.05) is 31.2 Å². The van der Waals surface area contributed by atoms with Gasteiger partial charge in [0.15, 0.2) is 0 Å². The molecule has 1 amide bonds. The largest absolute Gasteiger partial charge is 0.507 e. The molecule has 4 rings (SSSR count). The molecule has 2 aliphatic heterocycles. The van der Waals surface area contributed by atoms with E-state index < -0.39 is 23.5 Å². The molecule has 8 heteroatoms. The summed E-state index contributed by atoms with van der Waals surface area (Å²) in [5.74, 6) is -1.64. The van der Waals surface area contributed by atoms with Crippen LogP contribution in [0.4, 0.5) is 0 Å². The van der Waals surface area contributed by atoms with Crippen LogP contribution in [0.25, 0.3) is 5.76 Å². The Morgan fingerprint density at radius 1 is 1.09 bits per heavy atom. The van der Waals surface area contributed by atoms with Gasteiger partial charge in [0.1, 0.15) is 17.3 Å².